The lowest BCUT2D eigenvalue weighted by Gasteiger charge is -2.14. The van der Waals surface area contributed by atoms with Crippen LogP contribution in [0.5, 0.6) is 5.75 Å². The average Bonchev–Trinajstić information content (AvgIpc) is 2.74. The second kappa shape index (κ2) is 7.60. The molecule has 0 radical (unpaired) electrons. The Hall–Kier alpha value is -3.54. The van der Waals surface area contributed by atoms with Crippen molar-refractivity contribution in [3.63, 3.8) is 0 Å². The largest absolute Gasteiger partial charge is 0.494 e. The minimum Gasteiger partial charge on any atom is -0.494 e. The highest BCUT2D eigenvalue weighted by Crippen LogP contribution is 2.36. The minimum atomic E-state index is -0.292. The standard InChI is InChI=1S/C22H19FN4O/c1-3-24-21-16-12-14(15-8-4-5-9-17(15)23)13-19(28-2)20(16)26-22(27-21)18-10-6-7-11-25-18/h4-13H,3H2,1-2H3,(H,24,26,27). The average molecular weight is 374 g/mol. The number of benzene rings is 2. The van der Waals surface area contributed by atoms with Gasteiger partial charge in [-0.25, -0.2) is 14.4 Å². The van der Waals surface area contributed by atoms with Gasteiger partial charge in [-0.15, -0.1) is 0 Å². The molecular weight excluding hydrogens is 355 g/mol. The van der Waals surface area contributed by atoms with E-state index in [0.29, 0.717) is 46.3 Å². The van der Waals surface area contributed by atoms with Crippen LogP contribution < -0.4 is 10.1 Å². The van der Waals surface area contributed by atoms with Gasteiger partial charge in [0.15, 0.2) is 5.82 Å². The number of hydrogen-bond acceptors (Lipinski definition) is 5. The summed E-state index contributed by atoms with van der Waals surface area (Å²) in [5.41, 5.74) is 2.52. The maximum atomic E-state index is 14.3. The van der Waals surface area contributed by atoms with E-state index in [1.54, 1.807) is 37.6 Å². The number of methoxy groups -OCH3 is 1. The molecule has 140 valence electrons. The third-order valence-corrected chi connectivity index (χ3v) is 4.41. The van der Waals surface area contributed by atoms with Crippen LogP contribution in [0.25, 0.3) is 33.5 Å². The van der Waals surface area contributed by atoms with Gasteiger partial charge in [0.25, 0.3) is 0 Å². The first-order chi connectivity index (χ1) is 13.7. The van der Waals surface area contributed by atoms with Crippen LogP contribution >= 0.6 is 0 Å². The fourth-order valence-corrected chi connectivity index (χ4v) is 3.12. The van der Waals surface area contributed by atoms with Crippen molar-refractivity contribution in [3.05, 3.63) is 66.6 Å². The van der Waals surface area contributed by atoms with Crippen molar-refractivity contribution >= 4 is 16.7 Å². The normalized spacial score (nSPS) is 10.8. The van der Waals surface area contributed by atoms with Gasteiger partial charge in [-0.1, -0.05) is 24.3 Å². The lowest BCUT2D eigenvalue weighted by Crippen LogP contribution is -2.04. The summed E-state index contributed by atoms with van der Waals surface area (Å²) in [6.45, 7) is 2.67. The van der Waals surface area contributed by atoms with Crippen LogP contribution in [0.3, 0.4) is 0 Å². The molecule has 0 aliphatic rings. The summed E-state index contributed by atoms with van der Waals surface area (Å²) >= 11 is 0. The van der Waals surface area contributed by atoms with Gasteiger partial charge >= 0.3 is 0 Å². The first-order valence-corrected chi connectivity index (χ1v) is 9.01. The van der Waals surface area contributed by atoms with Crippen LogP contribution in [0.1, 0.15) is 6.92 Å². The van der Waals surface area contributed by atoms with Crippen LogP contribution in [0.4, 0.5) is 10.2 Å². The van der Waals surface area contributed by atoms with Crippen molar-refractivity contribution in [1.29, 1.82) is 0 Å². The van der Waals surface area contributed by atoms with Crippen molar-refractivity contribution in [3.8, 4) is 28.4 Å². The van der Waals surface area contributed by atoms with E-state index in [-0.39, 0.29) is 5.82 Å². The molecule has 0 bridgehead atoms. The molecule has 2 aromatic carbocycles. The Labute approximate surface area is 162 Å². The molecule has 4 rings (SSSR count). The summed E-state index contributed by atoms with van der Waals surface area (Å²) in [6.07, 6.45) is 1.70. The molecule has 0 saturated carbocycles. The molecule has 0 saturated heterocycles. The Morgan fingerprint density at radius 1 is 1.04 bits per heavy atom. The van der Waals surface area contributed by atoms with E-state index in [1.165, 1.54) is 6.07 Å². The molecule has 5 nitrogen and oxygen atoms in total. The van der Waals surface area contributed by atoms with Crippen molar-refractivity contribution in [2.75, 3.05) is 19.0 Å². The number of nitrogens with one attached hydrogen (secondary N) is 1. The quantitative estimate of drug-likeness (QED) is 0.536. The van der Waals surface area contributed by atoms with Gasteiger partial charge in [-0.05, 0) is 42.8 Å². The summed E-state index contributed by atoms with van der Waals surface area (Å²) in [5, 5.41) is 4.04. The Kier molecular flexibility index (Phi) is 4.85. The summed E-state index contributed by atoms with van der Waals surface area (Å²) < 4.78 is 19.9. The van der Waals surface area contributed by atoms with E-state index < -0.39 is 0 Å². The van der Waals surface area contributed by atoms with Crippen LogP contribution in [-0.4, -0.2) is 28.6 Å². The Bertz CT molecular complexity index is 1130. The van der Waals surface area contributed by atoms with Crippen molar-refractivity contribution in [1.82, 2.24) is 15.0 Å². The van der Waals surface area contributed by atoms with Crippen LogP contribution in [0, 0.1) is 5.82 Å². The molecule has 0 atom stereocenters. The van der Waals surface area contributed by atoms with E-state index in [9.17, 15) is 4.39 Å². The Morgan fingerprint density at radius 2 is 1.86 bits per heavy atom. The van der Waals surface area contributed by atoms with Crippen LogP contribution in [0.15, 0.2) is 60.8 Å². The van der Waals surface area contributed by atoms with Gasteiger partial charge in [-0.3, -0.25) is 4.98 Å². The van der Waals surface area contributed by atoms with Gasteiger partial charge in [0.05, 0.1) is 7.11 Å². The number of ether oxygens (including phenoxy) is 1. The maximum absolute atomic E-state index is 14.3. The minimum absolute atomic E-state index is 0.292. The van der Waals surface area contributed by atoms with E-state index in [1.807, 2.05) is 31.2 Å². The summed E-state index contributed by atoms with van der Waals surface area (Å²) in [4.78, 5) is 13.7. The lowest BCUT2D eigenvalue weighted by atomic mass is 10.0. The Morgan fingerprint density at radius 3 is 2.57 bits per heavy atom. The fourth-order valence-electron chi connectivity index (χ4n) is 3.12. The van der Waals surface area contributed by atoms with Gasteiger partial charge in [0.2, 0.25) is 0 Å². The predicted molar refractivity (Wildman–Crippen MR) is 109 cm³/mol. The highest BCUT2D eigenvalue weighted by atomic mass is 19.1. The molecule has 0 aliphatic heterocycles. The summed E-state index contributed by atoms with van der Waals surface area (Å²) in [7, 11) is 1.58. The number of fused-ring (bicyclic) bond motifs is 1. The molecule has 0 spiro atoms. The second-order valence-corrected chi connectivity index (χ2v) is 6.20. The van der Waals surface area contributed by atoms with E-state index in [0.717, 1.165) is 5.39 Å². The molecule has 0 aliphatic carbocycles. The second-order valence-electron chi connectivity index (χ2n) is 6.20. The molecule has 2 heterocycles. The smallest absolute Gasteiger partial charge is 0.180 e. The van der Waals surface area contributed by atoms with Gasteiger partial charge in [0, 0.05) is 23.7 Å². The zero-order valence-corrected chi connectivity index (χ0v) is 15.6. The number of nitrogens with zero attached hydrogens (tertiary/aromatic N) is 3. The predicted octanol–water partition coefficient (Wildman–Crippen LogP) is 4.94. The molecule has 0 amide bonds. The van der Waals surface area contributed by atoms with Gasteiger partial charge in [-0.2, -0.15) is 0 Å². The van der Waals surface area contributed by atoms with E-state index >= 15 is 0 Å². The maximum Gasteiger partial charge on any atom is 0.180 e. The van der Waals surface area contributed by atoms with E-state index in [4.69, 9.17) is 4.74 Å². The number of anilines is 1. The molecule has 1 N–H and O–H groups in total. The molecule has 6 heteroatoms. The highest BCUT2D eigenvalue weighted by Gasteiger charge is 2.16. The number of aromatic nitrogens is 3. The molecule has 0 fully saturated rings. The van der Waals surface area contributed by atoms with Crippen molar-refractivity contribution < 1.29 is 9.13 Å². The monoisotopic (exact) mass is 374 g/mol. The summed E-state index contributed by atoms with van der Waals surface area (Å²) in [5.74, 6) is 1.42. The third-order valence-electron chi connectivity index (χ3n) is 4.41. The zero-order valence-electron chi connectivity index (χ0n) is 15.6. The van der Waals surface area contributed by atoms with Crippen molar-refractivity contribution in [2.24, 2.45) is 0 Å². The highest BCUT2D eigenvalue weighted by molar-refractivity contribution is 5.97. The first-order valence-electron chi connectivity index (χ1n) is 9.01. The zero-order chi connectivity index (χ0) is 19.5. The third kappa shape index (κ3) is 3.24. The van der Waals surface area contributed by atoms with E-state index in [2.05, 4.69) is 20.3 Å². The SMILES string of the molecule is CCNc1nc(-c2ccccn2)nc2c(OC)cc(-c3ccccc3F)cc12. The number of hydrogen-bond donors (Lipinski definition) is 1. The lowest BCUT2D eigenvalue weighted by molar-refractivity contribution is 0.419. The number of halogens is 1. The number of rotatable bonds is 5. The van der Waals surface area contributed by atoms with Crippen molar-refractivity contribution in [2.45, 2.75) is 6.92 Å². The summed E-state index contributed by atoms with van der Waals surface area (Å²) in [6, 6.07) is 15.9. The fraction of sp³-hybridized carbons (Fsp3) is 0.136. The van der Waals surface area contributed by atoms with Crippen LogP contribution in [-0.2, 0) is 0 Å². The topological polar surface area (TPSA) is 59.9 Å². The molecule has 4 aromatic rings. The molecular formula is C22H19FN4O. The molecule has 2 aromatic heterocycles. The first kappa shape index (κ1) is 17.9. The van der Waals surface area contributed by atoms with Gasteiger partial charge in [0.1, 0.15) is 28.6 Å². The van der Waals surface area contributed by atoms with Gasteiger partial charge < -0.3 is 10.1 Å². The number of pyridine rings is 1. The molecule has 28 heavy (non-hydrogen) atoms. The van der Waals surface area contributed by atoms with Crippen LogP contribution in [0.2, 0.25) is 0 Å². The molecule has 0 unspecified atom stereocenters. The Balaban J connectivity index is 1.99.